The van der Waals surface area contributed by atoms with Crippen molar-refractivity contribution in [2.75, 3.05) is 26.6 Å². The van der Waals surface area contributed by atoms with E-state index >= 15 is 0 Å². The van der Waals surface area contributed by atoms with Crippen molar-refractivity contribution in [1.82, 2.24) is 4.72 Å². The van der Waals surface area contributed by atoms with Crippen LogP contribution in [0.3, 0.4) is 0 Å². The summed E-state index contributed by atoms with van der Waals surface area (Å²) in [5.41, 5.74) is 2.02. The second-order valence-electron chi connectivity index (χ2n) is 7.12. The van der Waals surface area contributed by atoms with Gasteiger partial charge in [0.1, 0.15) is 5.84 Å². The van der Waals surface area contributed by atoms with E-state index in [1.807, 2.05) is 42.5 Å². The molecule has 0 amide bonds. The van der Waals surface area contributed by atoms with Gasteiger partial charge in [0, 0.05) is 36.0 Å². The molecule has 0 aliphatic carbocycles. The van der Waals surface area contributed by atoms with E-state index in [4.69, 9.17) is 14.2 Å². The Hall–Kier alpha value is -3.72. The van der Waals surface area contributed by atoms with E-state index < -0.39 is 10.2 Å². The number of fused-ring (bicyclic) bond motifs is 1. The summed E-state index contributed by atoms with van der Waals surface area (Å²) in [6.07, 6.45) is 2.07. The molecular formula is C23H23N3O5S. The minimum absolute atomic E-state index is 0.175. The molecule has 0 aromatic heterocycles. The summed E-state index contributed by atoms with van der Waals surface area (Å²) in [4.78, 5) is 0. The van der Waals surface area contributed by atoms with Gasteiger partial charge >= 0.3 is 10.2 Å². The molecular weight excluding hydrogens is 430 g/mol. The molecule has 0 radical (unpaired) electrons. The molecule has 0 unspecified atom stereocenters. The van der Waals surface area contributed by atoms with Crippen LogP contribution in [0.4, 0.5) is 5.69 Å². The van der Waals surface area contributed by atoms with Crippen LogP contribution in [0.2, 0.25) is 0 Å². The molecule has 0 fully saturated rings. The van der Waals surface area contributed by atoms with Crippen molar-refractivity contribution in [3.8, 4) is 17.2 Å². The first-order valence-corrected chi connectivity index (χ1v) is 11.2. The number of hydrogen-bond donors (Lipinski definition) is 2. The molecule has 9 heteroatoms. The van der Waals surface area contributed by atoms with E-state index in [9.17, 15) is 8.42 Å². The van der Waals surface area contributed by atoms with Gasteiger partial charge in [0.25, 0.3) is 0 Å². The summed E-state index contributed by atoms with van der Waals surface area (Å²) in [5.74, 6) is 1.49. The van der Waals surface area contributed by atoms with Gasteiger partial charge < -0.3 is 19.5 Å². The van der Waals surface area contributed by atoms with Gasteiger partial charge in [-0.25, -0.2) is 0 Å². The normalized spacial score (nSPS) is 14.7. The van der Waals surface area contributed by atoms with Gasteiger partial charge in [0.15, 0.2) is 11.5 Å². The van der Waals surface area contributed by atoms with Crippen molar-refractivity contribution in [3.05, 3.63) is 71.9 Å². The van der Waals surface area contributed by atoms with Crippen LogP contribution >= 0.6 is 0 Å². The highest BCUT2D eigenvalue weighted by Gasteiger charge is 2.20. The molecule has 166 valence electrons. The van der Waals surface area contributed by atoms with Crippen molar-refractivity contribution in [3.63, 3.8) is 0 Å². The number of rotatable bonds is 6. The summed E-state index contributed by atoms with van der Waals surface area (Å²) in [6, 6.07) is 17.4. The van der Waals surface area contributed by atoms with E-state index in [0.717, 1.165) is 16.3 Å². The average molecular weight is 454 g/mol. The third-order valence-corrected chi connectivity index (χ3v) is 5.89. The number of methoxy groups -OCH3 is 3. The minimum atomic E-state index is -3.89. The molecule has 8 nitrogen and oxygen atoms in total. The van der Waals surface area contributed by atoms with Gasteiger partial charge in [-0.3, -0.25) is 4.72 Å². The molecule has 1 heterocycles. The zero-order chi connectivity index (χ0) is 22.7. The molecule has 1 aliphatic heterocycles. The number of hydrogen-bond acceptors (Lipinski definition) is 6. The second-order valence-corrected chi connectivity index (χ2v) is 8.46. The third kappa shape index (κ3) is 4.62. The molecule has 0 saturated carbocycles. The van der Waals surface area contributed by atoms with E-state index in [1.165, 1.54) is 21.3 Å². The lowest BCUT2D eigenvalue weighted by Gasteiger charge is -2.18. The molecule has 0 spiro atoms. The van der Waals surface area contributed by atoms with Crippen LogP contribution in [0.15, 0.2) is 70.8 Å². The highest BCUT2D eigenvalue weighted by Crippen LogP contribution is 2.40. The molecule has 3 aromatic carbocycles. The maximum atomic E-state index is 12.4. The molecule has 2 N–H and O–H groups in total. The van der Waals surface area contributed by atoms with Crippen molar-refractivity contribution in [2.24, 2.45) is 4.40 Å². The number of nitrogens with zero attached hydrogens (tertiary/aromatic N) is 1. The Morgan fingerprint density at radius 1 is 0.906 bits per heavy atom. The maximum absolute atomic E-state index is 12.4. The summed E-state index contributed by atoms with van der Waals surface area (Å²) in [5, 5.41) is 5.24. The highest BCUT2D eigenvalue weighted by atomic mass is 32.2. The largest absolute Gasteiger partial charge is 0.493 e. The lowest BCUT2D eigenvalue weighted by Crippen LogP contribution is -2.30. The Kier molecular flexibility index (Phi) is 5.91. The SMILES string of the molecule is COc1cc(NC2=NS(=O)(=O)NC(Cc3ccc4ccccc4c3)=C2)cc(OC)c1OC. The number of benzene rings is 3. The summed E-state index contributed by atoms with van der Waals surface area (Å²) in [6.45, 7) is 0. The number of amidine groups is 1. The van der Waals surface area contributed by atoms with E-state index in [2.05, 4.69) is 14.4 Å². The predicted molar refractivity (Wildman–Crippen MR) is 125 cm³/mol. The predicted octanol–water partition coefficient (Wildman–Crippen LogP) is 3.65. The zero-order valence-electron chi connectivity index (χ0n) is 17.9. The quantitative estimate of drug-likeness (QED) is 0.591. The van der Waals surface area contributed by atoms with Crippen LogP contribution in [0.25, 0.3) is 10.8 Å². The molecule has 4 rings (SSSR count). The first-order chi connectivity index (χ1) is 15.4. The smallest absolute Gasteiger partial charge is 0.343 e. The van der Waals surface area contributed by atoms with E-state index in [-0.39, 0.29) is 5.84 Å². The second kappa shape index (κ2) is 8.80. The van der Waals surface area contributed by atoms with Crippen LogP contribution in [0.5, 0.6) is 17.2 Å². The fraction of sp³-hybridized carbons (Fsp3) is 0.174. The monoisotopic (exact) mass is 453 g/mol. The van der Waals surface area contributed by atoms with Gasteiger partial charge in [0.2, 0.25) is 5.75 Å². The first-order valence-electron chi connectivity index (χ1n) is 9.79. The van der Waals surface area contributed by atoms with Gasteiger partial charge in [-0.05, 0) is 16.3 Å². The van der Waals surface area contributed by atoms with Gasteiger partial charge in [-0.2, -0.15) is 8.42 Å². The Balaban J connectivity index is 1.63. The highest BCUT2D eigenvalue weighted by molar-refractivity contribution is 7.88. The van der Waals surface area contributed by atoms with Crippen LogP contribution in [0.1, 0.15) is 5.56 Å². The third-order valence-electron chi connectivity index (χ3n) is 4.94. The van der Waals surface area contributed by atoms with Gasteiger partial charge in [-0.15, -0.1) is 4.40 Å². The molecule has 1 aliphatic rings. The van der Waals surface area contributed by atoms with E-state index in [0.29, 0.717) is 35.1 Å². The van der Waals surface area contributed by atoms with Crippen molar-refractivity contribution in [2.45, 2.75) is 6.42 Å². The van der Waals surface area contributed by atoms with Crippen molar-refractivity contribution >= 4 is 32.5 Å². The Morgan fingerprint density at radius 3 is 2.25 bits per heavy atom. The molecule has 0 saturated heterocycles. The van der Waals surface area contributed by atoms with Crippen LogP contribution < -0.4 is 24.2 Å². The van der Waals surface area contributed by atoms with Gasteiger partial charge in [-0.1, -0.05) is 42.5 Å². The van der Waals surface area contributed by atoms with Crippen LogP contribution in [0, 0.1) is 0 Å². The average Bonchev–Trinajstić information content (AvgIpc) is 2.77. The number of ether oxygens (including phenoxy) is 3. The molecule has 3 aromatic rings. The van der Waals surface area contributed by atoms with Gasteiger partial charge in [0.05, 0.1) is 21.3 Å². The lowest BCUT2D eigenvalue weighted by molar-refractivity contribution is 0.324. The van der Waals surface area contributed by atoms with E-state index in [1.54, 1.807) is 18.2 Å². The van der Waals surface area contributed by atoms with Crippen molar-refractivity contribution in [1.29, 1.82) is 0 Å². The summed E-state index contributed by atoms with van der Waals surface area (Å²) < 4.78 is 47.0. The van der Waals surface area contributed by atoms with Crippen LogP contribution in [-0.2, 0) is 16.6 Å². The Bertz CT molecular complexity index is 1310. The summed E-state index contributed by atoms with van der Waals surface area (Å²) in [7, 11) is 0.643. The maximum Gasteiger partial charge on any atom is 0.343 e. The minimum Gasteiger partial charge on any atom is -0.493 e. The van der Waals surface area contributed by atoms with Crippen molar-refractivity contribution < 1.29 is 22.6 Å². The number of allylic oxidation sites excluding steroid dienone is 1. The Morgan fingerprint density at radius 2 is 1.59 bits per heavy atom. The standard InChI is InChI=1S/C23H23N3O5S/c1-29-20-12-18(13-21(30-2)23(20)31-3)24-22-14-19(25-32(27,28)26-22)11-15-8-9-16-6-4-5-7-17(16)10-15/h4-10,12-14,25H,11H2,1-3H3,(H,24,26). The number of anilines is 1. The zero-order valence-corrected chi connectivity index (χ0v) is 18.7. The fourth-order valence-electron chi connectivity index (χ4n) is 3.55. The number of nitrogens with one attached hydrogen (secondary N) is 2. The van der Waals surface area contributed by atoms with Crippen LogP contribution in [-0.4, -0.2) is 35.6 Å². The molecule has 0 atom stereocenters. The first kappa shape index (κ1) is 21.5. The fourth-order valence-corrected chi connectivity index (χ4v) is 4.42. The molecule has 32 heavy (non-hydrogen) atoms. The molecule has 0 bridgehead atoms. The Labute approximate surface area is 186 Å². The summed E-state index contributed by atoms with van der Waals surface area (Å²) >= 11 is 0. The lowest BCUT2D eigenvalue weighted by atomic mass is 10.0. The topological polar surface area (TPSA) is 98.2 Å².